The summed E-state index contributed by atoms with van der Waals surface area (Å²) in [5, 5.41) is 7.81. The number of oxime groups is 1. The molecule has 0 radical (unpaired) electrons. The van der Waals surface area contributed by atoms with Crippen molar-refractivity contribution in [1.82, 2.24) is 5.32 Å². The van der Waals surface area contributed by atoms with Crippen LogP contribution < -0.4 is 5.32 Å². The van der Waals surface area contributed by atoms with Crippen LogP contribution in [0, 0.1) is 39.9 Å². The second-order valence-electron chi connectivity index (χ2n) is 11.5. The van der Waals surface area contributed by atoms with Gasteiger partial charge in [0.1, 0.15) is 12.4 Å². The van der Waals surface area contributed by atoms with Gasteiger partial charge in [-0.2, -0.15) is 0 Å². The van der Waals surface area contributed by atoms with Crippen LogP contribution in [0.25, 0.3) is 0 Å². The van der Waals surface area contributed by atoms with E-state index in [0.29, 0.717) is 29.6 Å². The molecule has 0 aromatic carbocycles. The Morgan fingerprint density at radius 2 is 1.83 bits per heavy atom. The van der Waals surface area contributed by atoms with Crippen molar-refractivity contribution >= 4 is 11.5 Å². The van der Waals surface area contributed by atoms with Crippen molar-refractivity contribution in [2.75, 3.05) is 20.2 Å². The lowest BCUT2D eigenvalue weighted by atomic mass is 9.41. The van der Waals surface area contributed by atoms with Crippen LogP contribution in [0.5, 0.6) is 0 Å². The predicted octanol–water partition coefficient (Wildman–Crippen LogP) is 5.22. The Bertz CT molecular complexity index is 672. The summed E-state index contributed by atoms with van der Waals surface area (Å²) in [4.78, 5) is 18.4. The highest BCUT2D eigenvalue weighted by molar-refractivity contribution is 5.90. The molecule has 0 saturated heterocycles. The van der Waals surface area contributed by atoms with Gasteiger partial charge in [0.05, 0.1) is 5.71 Å². The fourth-order valence-electron chi connectivity index (χ4n) is 8.28. The van der Waals surface area contributed by atoms with Gasteiger partial charge in [0, 0.05) is 17.3 Å². The number of hydrogen-bond donors (Lipinski definition) is 1. The standard InChI is InChI=1S/C25H42N2O2/c1-23(2)20-9-7-17-18-8-10-22(28)25(18,4)13-11-19(17)24(20,3)14-12-21(23)27-29-16-6-15-26-5/h17-20,26H,6-16H2,1-5H3/b27-21+/t17-,18-,19-,20?,24+,25-/m0/s1. The normalized spacial score (nSPS) is 44.9. The molecule has 6 atom stereocenters. The first-order chi connectivity index (χ1) is 13.7. The van der Waals surface area contributed by atoms with Crippen LogP contribution in [-0.2, 0) is 9.63 Å². The van der Waals surface area contributed by atoms with Crippen molar-refractivity contribution < 1.29 is 9.63 Å². The molecule has 4 saturated carbocycles. The minimum absolute atomic E-state index is 0.0116. The van der Waals surface area contributed by atoms with Crippen molar-refractivity contribution in [2.45, 2.75) is 85.5 Å². The Hall–Kier alpha value is -0.900. The van der Waals surface area contributed by atoms with E-state index in [9.17, 15) is 4.79 Å². The summed E-state index contributed by atoms with van der Waals surface area (Å²) < 4.78 is 0. The average Bonchev–Trinajstić information content (AvgIpc) is 2.98. The molecule has 4 heteroatoms. The molecule has 4 aliphatic carbocycles. The van der Waals surface area contributed by atoms with E-state index < -0.39 is 0 Å². The number of carbonyl (C=O) groups is 1. The maximum Gasteiger partial charge on any atom is 0.139 e. The topological polar surface area (TPSA) is 50.7 Å². The third-order valence-corrected chi connectivity index (χ3v) is 9.93. The van der Waals surface area contributed by atoms with Gasteiger partial charge in [-0.05, 0) is 94.0 Å². The van der Waals surface area contributed by atoms with Crippen molar-refractivity contribution in [3.63, 3.8) is 0 Å². The second kappa shape index (κ2) is 7.66. The van der Waals surface area contributed by atoms with Crippen LogP contribution >= 0.6 is 0 Å². The van der Waals surface area contributed by atoms with Crippen LogP contribution in [0.3, 0.4) is 0 Å². The first-order valence-corrected chi connectivity index (χ1v) is 12.1. The van der Waals surface area contributed by atoms with E-state index in [1.54, 1.807) is 0 Å². The molecule has 1 unspecified atom stereocenters. The maximum absolute atomic E-state index is 12.6. The van der Waals surface area contributed by atoms with Gasteiger partial charge in [-0.25, -0.2) is 0 Å². The summed E-state index contributed by atoms with van der Waals surface area (Å²) in [5.41, 5.74) is 1.75. The lowest BCUT2D eigenvalue weighted by molar-refractivity contribution is -0.141. The van der Waals surface area contributed by atoms with Gasteiger partial charge in [-0.15, -0.1) is 0 Å². The fraction of sp³-hybridized carbons (Fsp3) is 0.920. The molecular formula is C25H42N2O2. The summed E-state index contributed by atoms with van der Waals surface area (Å²) in [6, 6.07) is 0. The van der Waals surface area contributed by atoms with Crippen LogP contribution in [0.4, 0.5) is 0 Å². The van der Waals surface area contributed by atoms with Gasteiger partial charge in [0.25, 0.3) is 0 Å². The molecule has 4 fully saturated rings. The number of carbonyl (C=O) groups excluding carboxylic acids is 1. The molecule has 0 aromatic rings. The summed E-state index contributed by atoms with van der Waals surface area (Å²) in [6.45, 7) is 11.4. The summed E-state index contributed by atoms with van der Waals surface area (Å²) in [7, 11) is 1.97. The molecule has 29 heavy (non-hydrogen) atoms. The highest BCUT2D eigenvalue weighted by atomic mass is 16.6. The van der Waals surface area contributed by atoms with Gasteiger partial charge < -0.3 is 10.2 Å². The fourth-order valence-corrected chi connectivity index (χ4v) is 8.28. The van der Waals surface area contributed by atoms with Gasteiger partial charge in [0.2, 0.25) is 0 Å². The van der Waals surface area contributed by atoms with E-state index in [-0.39, 0.29) is 10.8 Å². The Labute approximate surface area is 177 Å². The number of hydrogen-bond acceptors (Lipinski definition) is 4. The monoisotopic (exact) mass is 402 g/mol. The molecule has 4 rings (SSSR count). The van der Waals surface area contributed by atoms with E-state index in [4.69, 9.17) is 4.84 Å². The number of ketones is 1. The molecular weight excluding hydrogens is 360 g/mol. The van der Waals surface area contributed by atoms with Crippen molar-refractivity contribution in [3.05, 3.63) is 0 Å². The molecule has 164 valence electrons. The van der Waals surface area contributed by atoms with E-state index in [1.165, 1.54) is 31.4 Å². The molecule has 0 bridgehead atoms. The smallest absolute Gasteiger partial charge is 0.139 e. The van der Waals surface area contributed by atoms with Crippen molar-refractivity contribution in [1.29, 1.82) is 0 Å². The zero-order chi connectivity index (χ0) is 20.9. The van der Waals surface area contributed by atoms with Crippen molar-refractivity contribution in [2.24, 2.45) is 45.1 Å². The molecule has 0 heterocycles. The van der Waals surface area contributed by atoms with Crippen molar-refractivity contribution in [3.8, 4) is 0 Å². The van der Waals surface area contributed by atoms with E-state index >= 15 is 0 Å². The first-order valence-electron chi connectivity index (χ1n) is 12.1. The van der Waals surface area contributed by atoms with Gasteiger partial charge in [-0.1, -0.05) is 32.9 Å². The summed E-state index contributed by atoms with van der Waals surface area (Å²) in [6.07, 6.45) is 10.2. The maximum atomic E-state index is 12.6. The highest BCUT2D eigenvalue weighted by Crippen LogP contribution is 2.67. The van der Waals surface area contributed by atoms with Gasteiger partial charge in [0.15, 0.2) is 0 Å². The minimum Gasteiger partial charge on any atom is -0.396 e. The average molecular weight is 403 g/mol. The highest BCUT2D eigenvalue weighted by Gasteiger charge is 2.62. The van der Waals surface area contributed by atoms with Crippen LogP contribution in [0.15, 0.2) is 5.16 Å². The Morgan fingerprint density at radius 1 is 1.03 bits per heavy atom. The molecule has 4 aliphatic rings. The SMILES string of the molecule is CNCCCO/N=C1\CC[C@@]2(C)C(CC[C@@H]3[C@@H]2CC[C@]2(C)C(=O)CC[C@@H]32)C1(C)C. The van der Waals surface area contributed by atoms with Gasteiger partial charge in [-0.3, -0.25) is 4.79 Å². The molecule has 0 spiro atoms. The zero-order valence-electron chi connectivity index (χ0n) is 19.4. The Morgan fingerprint density at radius 3 is 2.59 bits per heavy atom. The third-order valence-electron chi connectivity index (χ3n) is 9.93. The van der Waals surface area contributed by atoms with Crippen LogP contribution in [-0.4, -0.2) is 31.7 Å². The second-order valence-corrected chi connectivity index (χ2v) is 11.5. The predicted molar refractivity (Wildman–Crippen MR) is 118 cm³/mol. The lowest BCUT2D eigenvalue weighted by Gasteiger charge is -2.63. The zero-order valence-corrected chi connectivity index (χ0v) is 19.4. The molecule has 4 nitrogen and oxygen atoms in total. The van der Waals surface area contributed by atoms with E-state index in [1.807, 2.05) is 7.05 Å². The number of nitrogens with zero attached hydrogens (tertiary/aromatic N) is 1. The van der Waals surface area contributed by atoms with Crippen LogP contribution in [0.2, 0.25) is 0 Å². The number of nitrogens with one attached hydrogen (secondary N) is 1. The lowest BCUT2D eigenvalue weighted by Crippen LogP contribution is -2.58. The molecule has 1 N–H and O–H groups in total. The van der Waals surface area contributed by atoms with Crippen LogP contribution in [0.1, 0.15) is 85.5 Å². The van der Waals surface area contributed by atoms with E-state index in [0.717, 1.165) is 50.5 Å². The quantitative estimate of drug-likeness (QED) is 0.507. The molecule has 0 aromatic heterocycles. The Kier molecular flexibility index (Phi) is 5.63. The number of rotatable bonds is 5. The Balaban J connectivity index is 1.52. The minimum atomic E-state index is -0.0116. The third kappa shape index (κ3) is 3.28. The number of fused-ring (bicyclic) bond motifs is 5. The summed E-state index contributed by atoms with van der Waals surface area (Å²) >= 11 is 0. The first kappa shape index (κ1) is 21.3. The van der Waals surface area contributed by atoms with E-state index in [2.05, 4.69) is 38.2 Å². The number of Topliss-reactive ketones (excluding diaryl/α,β-unsaturated/α-hetero) is 1. The van der Waals surface area contributed by atoms with Gasteiger partial charge >= 0.3 is 0 Å². The molecule has 0 aliphatic heterocycles. The summed E-state index contributed by atoms with van der Waals surface area (Å²) in [5.74, 6) is 3.41. The molecule has 0 amide bonds. The largest absolute Gasteiger partial charge is 0.396 e.